The fourth-order valence-electron chi connectivity index (χ4n) is 4.58. The molecule has 1 fully saturated rings. The summed E-state index contributed by atoms with van der Waals surface area (Å²) < 4.78 is 41.5. The second-order valence-corrected chi connectivity index (χ2v) is 11.6. The minimum absolute atomic E-state index is 0.0321. The Balaban J connectivity index is 1.42. The second-order valence-electron chi connectivity index (χ2n) is 8.56. The van der Waals surface area contributed by atoms with Crippen LogP contribution in [-0.4, -0.2) is 43.1 Å². The van der Waals surface area contributed by atoms with Crippen LogP contribution in [0.3, 0.4) is 0 Å². The van der Waals surface area contributed by atoms with Crippen LogP contribution < -0.4 is 14.3 Å². The van der Waals surface area contributed by atoms with Crippen molar-refractivity contribution >= 4 is 37.5 Å². The number of benzene rings is 2. The number of nitrogens with zero attached hydrogens (tertiary/aromatic N) is 3. The Morgan fingerprint density at radius 3 is 2.47 bits per heavy atom. The van der Waals surface area contributed by atoms with Crippen molar-refractivity contribution < 1.29 is 22.7 Å². The van der Waals surface area contributed by atoms with Crippen molar-refractivity contribution in [1.82, 2.24) is 8.87 Å². The number of thiazole rings is 1. The minimum atomic E-state index is -3.61. The van der Waals surface area contributed by atoms with Gasteiger partial charge in [0, 0.05) is 37.3 Å². The molecule has 0 bridgehead atoms. The summed E-state index contributed by atoms with van der Waals surface area (Å²) in [5.74, 6) is 0.948. The molecule has 180 valence electrons. The van der Waals surface area contributed by atoms with Crippen LogP contribution in [0.4, 0.5) is 0 Å². The van der Waals surface area contributed by atoms with E-state index in [4.69, 9.17) is 9.47 Å². The molecule has 0 unspecified atom stereocenters. The van der Waals surface area contributed by atoms with E-state index in [1.54, 1.807) is 7.05 Å². The molecule has 0 N–H and O–H groups in total. The number of hydrogen-bond acceptors (Lipinski definition) is 6. The van der Waals surface area contributed by atoms with E-state index >= 15 is 0 Å². The molecule has 2 aliphatic rings. The van der Waals surface area contributed by atoms with Gasteiger partial charge in [-0.3, -0.25) is 4.79 Å². The molecular weight excluding hydrogens is 474 g/mol. The molecule has 0 radical (unpaired) electrons. The highest BCUT2D eigenvalue weighted by Crippen LogP contribution is 2.37. The third-order valence-electron chi connectivity index (χ3n) is 6.56. The zero-order valence-corrected chi connectivity index (χ0v) is 20.8. The van der Waals surface area contributed by atoms with E-state index < -0.39 is 15.9 Å². The van der Waals surface area contributed by atoms with Gasteiger partial charge < -0.3 is 14.0 Å². The standard InChI is InChI=1S/C24H27N3O5S2/c1-3-27-19-13-20-21(32-15-31-20)14-22(19)33-24(27)25-23(28)16-9-11-18(12-10-16)34(29,30)26(2)17-7-5-4-6-8-17/h9-14,17H,3-8,15H2,1-2H3. The van der Waals surface area contributed by atoms with Gasteiger partial charge in [-0.1, -0.05) is 30.6 Å². The summed E-state index contributed by atoms with van der Waals surface area (Å²) in [6.07, 6.45) is 5.04. The van der Waals surface area contributed by atoms with E-state index in [0.29, 0.717) is 28.4 Å². The lowest BCUT2D eigenvalue weighted by Gasteiger charge is -2.30. The summed E-state index contributed by atoms with van der Waals surface area (Å²) in [5.41, 5.74) is 1.27. The van der Waals surface area contributed by atoms with Gasteiger partial charge in [0.15, 0.2) is 16.3 Å². The Kier molecular flexibility index (Phi) is 6.22. The summed E-state index contributed by atoms with van der Waals surface area (Å²) in [4.78, 5) is 18.0. The molecule has 5 rings (SSSR count). The van der Waals surface area contributed by atoms with Crippen molar-refractivity contribution in [2.24, 2.45) is 4.99 Å². The zero-order chi connectivity index (χ0) is 23.9. The third-order valence-corrected chi connectivity index (χ3v) is 9.52. The first kappa shape index (κ1) is 23.1. The monoisotopic (exact) mass is 501 g/mol. The Hall–Kier alpha value is -2.69. The molecule has 10 heteroatoms. The van der Waals surface area contributed by atoms with Gasteiger partial charge in [0.05, 0.1) is 15.1 Å². The number of fused-ring (bicyclic) bond motifs is 2. The maximum absolute atomic E-state index is 13.1. The Labute approximate surface area is 202 Å². The van der Waals surface area contributed by atoms with Gasteiger partial charge >= 0.3 is 0 Å². The Morgan fingerprint density at radius 2 is 1.79 bits per heavy atom. The lowest BCUT2D eigenvalue weighted by molar-refractivity contribution is 0.0997. The van der Waals surface area contributed by atoms with Crippen molar-refractivity contribution in [2.75, 3.05) is 13.8 Å². The van der Waals surface area contributed by atoms with Crippen LogP contribution in [0.5, 0.6) is 11.5 Å². The van der Waals surface area contributed by atoms with E-state index in [-0.39, 0.29) is 17.7 Å². The minimum Gasteiger partial charge on any atom is -0.454 e. The van der Waals surface area contributed by atoms with Crippen LogP contribution >= 0.6 is 11.3 Å². The Morgan fingerprint density at radius 1 is 1.12 bits per heavy atom. The highest BCUT2D eigenvalue weighted by atomic mass is 32.2. The van der Waals surface area contributed by atoms with Gasteiger partial charge in [-0.25, -0.2) is 8.42 Å². The quantitative estimate of drug-likeness (QED) is 0.524. The molecule has 1 aliphatic heterocycles. The molecule has 1 aliphatic carbocycles. The predicted octanol–water partition coefficient (Wildman–Crippen LogP) is 4.15. The molecule has 2 aromatic carbocycles. The number of hydrogen-bond donors (Lipinski definition) is 0. The summed E-state index contributed by atoms with van der Waals surface area (Å²) in [5, 5.41) is 0. The number of amides is 1. The fourth-order valence-corrected chi connectivity index (χ4v) is 7.10. The second kappa shape index (κ2) is 9.16. The van der Waals surface area contributed by atoms with E-state index in [9.17, 15) is 13.2 Å². The molecular formula is C24H27N3O5S2. The maximum atomic E-state index is 13.1. The topological polar surface area (TPSA) is 90.2 Å². The van der Waals surface area contributed by atoms with Crippen LogP contribution in [0.1, 0.15) is 49.4 Å². The molecule has 1 amide bonds. The average molecular weight is 502 g/mol. The van der Waals surface area contributed by atoms with E-state index in [1.807, 2.05) is 23.6 Å². The van der Waals surface area contributed by atoms with Crippen LogP contribution in [0.25, 0.3) is 10.2 Å². The van der Waals surface area contributed by atoms with Crippen molar-refractivity contribution in [3.8, 4) is 11.5 Å². The largest absolute Gasteiger partial charge is 0.454 e. The van der Waals surface area contributed by atoms with Gasteiger partial charge in [-0.2, -0.15) is 9.30 Å². The van der Waals surface area contributed by atoms with Gasteiger partial charge in [0.25, 0.3) is 5.91 Å². The first-order chi connectivity index (χ1) is 16.4. The van der Waals surface area contributed by atoms with Gasteiger partial charge in [-0.05, 0) is 44.0 Å². The number of rotatable bonds is 5. The summed E-state index contributed by atoms with van der Waals surface area (Å²) in [7, 11) is -1.96. The van der Waals surface area contributed by atoms with Crippen LogP contribution in [0.2, 0.25) is 0 Å². The number of carbonyl (C=O) groups is 1. The first-order valence-electron chi connectivity index (χ1n) is 11.5. The highest BCUT2D eigenvalue weighted by molar-refractivity contribution is 7.89. The summed E-state index contributed by atoms with van der Waals surface area (Å²) in [6.45, 7) is 2.83. The molecule has 8 nitrogen and oxygen atoms in total. The number of sulfonamides is 1. The van der Waals surface area contributed by atoms with Crippen molar-refractivity contribution in [2.45, 2.75) is 56.5 Å². The first-order valence-corrected chi connectivity index (χ1v) is 13.7. The van der Waals surface area contributed by atoms with E-state index in [0.717, 1.165) is 42.3 Å². The van der Waals surface area contributed by atoms with Gasteiger partial charge in [0.1, 0.15) is 0 Å². The molecule has 0 atom stereocenters. The van der Waals surface area contributed by atoms with Crippen molar-refractivity contribution in [3.63, 3.8) is 0 Å². The third kappa shape index (κ3) is 4.14. The normalized spacial score (nSPS) is 17.1. The summed E-state index contributed by atoms with van der Waals surface area (Å²) >= 11 is 1.40. The maximum Gasteiger partial charge on any atom is 0.279 e. The van der Waals surface area contributed by atoms with Crippen LogP contribution in [0, 0.1) is 0 Å². The zero-order valence-electron chi connectivity index (χ0n) is 19.2. The predicted molar refractivity (Wildman–Crippen MR) is 130 cm³/mol. The highest BCUT2D eigenvalue weighted by Gasteiger charge is 2.29. The van der Waals surface area contributed by atoms with Crippen molar-refractivity contribution in [3.05, 3.63) is 46.8 Å². The molecule has 1 saturated carbocycles. The van der Waals surface area contributed by atoms with E-state index in [1.165, 1.54) is 39.9 Å². The fraction of sp³-hybridized carbons (Fsp3) is 0.417. The number of aromatic nitrogens is 1. The number of aryl methyl sites for hydroxylation is 1. The summed E-state index contributed by atoms with van der Waals surface area (Å²) in [6, 6.07) is 9.90. The molecule has 2 heterocycles. The van der Waals surface area contributed by atoms with E-state index in [2.05, 4.69) is 4.99 Å². The SMILES string of the molecule is CCn1c(=NC(=O)c2ccc(S(=O)(=O)N(C)C3CCCCC3)cc2)sc2cc3c(cc21)OCO3. The van der Waals surface area contributed by atoms with Crippen molar-refractivity contribution in [1.29, 1.82) is 0 Å². The lowest BCUT2D eigenvalue weighted by atomic mass is 9.96. The molecule has 0 saturated heterocycles. The molecule has 3 aromatic rings. The molecule has 0 spiro atoms. The van der Waals surface area contributed by atoms with Gasteiger partial charge in [-0.15, -0.1) is 0 Å². The number of ether oxygens (including phenoxy) is 2. The lowest BCUT2D eigenvalue weighted by Crippen LogP contribution is -2.38. The molecule has 34 heavy (non-hydrogen) atoms. The van der Waals surface area contributed by atoms with Crippen LogP contribution in [-0.2, 0) is 16.6 Å². The Bertz CT molecular complexity index is 1400. The average Bonchev–Trinajstić information content (AvgIpc) is 3.45. The number of carbonyl (C=O) groups excluding carboxylic acids is 1. The smallest absolute Gasteiger partial charge is 0.279 e. The van der Waals surface area contributed by atoms with Gasteiger partial charge in [0.2, 0.25) is 16.8 Å². The van der Waals surface area contributed by atoms with Crippen LogP contribution in [0.15, 0.2) is 46.3 Å². The molecule has 1 aromatic heterocycles.